The molecule has 4 heteroatoms. The Morgan fingerprint density at radius 3 is 2.43 bits per heavy atom. The molecule has 0 aliphatic carbocycles. The van der Waals surface area contributed by atoms with E-state index in [1.165, 1.54) is 16.7 Å². The molecule has 23 heavy (non-hydrogen) atoms. The molecule has 0 spiro atoms. The summed E-state index contributed by atoms with van der Waals surface area (Å²) in [5.41, 5.74) is 10.8. The monoisotopic (exact) mass is 306 g/mol. The third kappa shape index (κ3) is 3.60. The number of aliphatic imine (C=N–C) groups is 1. The van der Waals surface area contributed by atoms with Crippen molar-refractivity contribution in [3.05, 3.63) is 82.7 Å². The van der Waals surface area contributed by atoms with E-state index in [0.29, 0.717) is 12.5 Å². The summed E-state index contributed by atoms with van der Waals surface area (Å²) in [5, 5.41) is 6.40. The van der Waals surface area contributed by atoms with Crippen molar-refractivity contribution in [2.75, 3.05) is 13.7 Å². The molecule has 0 aromatic heterocycles. The fourth-order valence-corrected chi connectivity index (χ4v) is 2.84. The first-order valence-electron chi connectivity index (χ1n) is 7.81. The van der Waals surface area contributed by atoms with Crippen LogP contribution in [0.2, 0.25) is 0 Å². The maximum atomic E-state index is 6.06. The first-order chi connectivity index (χ1) is 11.3. The van der Waals surface area contributed by atoms with Gasteiger partial charge in [0.05, 0.1) is 6.04 Å². The van der Waals surface area contributed by atoms with Crippen LogP contribution in [0.4, 0.5) is 0 Å². The molecule has 1 aliphatic rings. The molecular formula is C19H22N4. The molecule has 1 unspecified atom stereocenters. The van der Waals surface area contributed by atoms with Gasteiger partial charge >= 0.3 is 0 Å². The molecule has 0 bridgehead atoms. The Kier molecular flexibility index (Phi) is 4.74. The van der Waals surface area contributed by atoms with Crippen LogP contribution in [0, 0.1) is 0 Å². The molecule has 2 aromatic carbocycles. The Morgan fingerprint density at radius 2 is 1.78 bits per heavy atom. The van der Waals surface area contributed by atoms with Gasteiger partial charge in [-0.25, -0.2) is 0 Å². The van der Waals surface area contributed by atoms with Crippen molar-refractivity contribution in [3.63, 3.8) is 0 Å². The molecule has 0 saturated heterocycles. The minimum Gasteiger partial charge on any atom is -0.385 e. The minimum absolute atomic E-state index is 0.0392. The largest absolute Gasteiger partial charge is 0.385 e. The van der Waals surface area contributed by atoms with Gasteiger partial charge in [-0.3, -0.25) is 4.99 Å². The number of benzene rings is 2. The highest BCUT2D eigenvalue weighted by Crippen LogP contribution is 2.23. The molecular weight excluding hydrogens is 284 g/mol. The first kappa shape index (κ1) is 15.3. The van der Waals surface area contributed by atoms with Gasteiger partial charge in [0, 0.05) is 11.8 Å². The SMILES string of the molecule is CNC(C1=C(N)NCN=C1)c1ccc(Cc2ccccc2)cc1. The van der Waals surface area contributed by atoms with Gasteiger partial charge < -0.3 is 16.4 Å². The lowest BCUT2D eigenvalue weighted by Crippen LogP contribution is -2.31. The summed E-state index contributed by atoms with van der Waals surface area (Å²) in [6.07, 6.45) is 2.80. The second-order valence-electron chi connectivity index (χ2n) is 5.64. The predicted molar refractivity (Wildman–Crippen MR) is 95.2 cm³/mol. The number of nitrogens with two attached hydrogens (primary N) is 1. The van der Waals surface area contributed by atoms with Gasteiger partial charge in [-0.2, -0.15) is 0 Å². The van der Waals surface area contributed by atoms with Crippen molar-refractivity contribution in [1.29, 1.82) is 0 Å². The maximum Gasteiger partial charge on any atom is 0.108 e. The van der Waals surface area contributed by atoms with Gasteiger partial charge in [0.2, 0.25) is 0 Å². The van der Waals surface area contributed by atoms with Gasteiger partial charge in [-0.1, -0.05) is 54.6 Å². The molecule has 3 rings (SSSR count). The molecule has 0 radical (unpaired) electrons. The number of rotatable bonds is 5. The zero-order valence-electron chi connectivity index (χ0n) is 13.3. The van der Waals surface area contributed by atoms with Crippen LogP contribution in [-0.4, -0.2) is 19.9 Å². The predicted octanol–water partition coefficient (Wildman–Crippen LogP) is 2.34. The minimum atomic E-state index is 0.0392. The van der Waals surface area contributed by atoms with E-state index in [9.17, 15) is 0 Å². The van der Waals surface area contributed by atoms with E-state index in [2.05, 4.69) is 64.2 Å². The van der Waals surface area contributed by atoms with Gasteiger partial charge in [0.15, 0.2) is 0 Å². The Bertz CT molecular complexity index is 702. The Labute approximate surface area is 137 Å². The second-order valence-corrected chi connectivity index (χ2v) is 5.64. The fourth-order valence-electron chi connectivity index (χ4n) is 2.84. The highest BCUT2D eigenvalue weighted by Gasteiger charge is 2.18. The van der Waals surface area contributed by atoms with Crippen LogP contribution in [0.15, 0.2) is 71.0 Å². The van der Waals surface area contributed by atoms with Gasteiger partial charge in [-0.15, -0.1) is 0 Å². The highest BCUT2D eigenvalue weighted by atomic mass is 15.1. The lowest BCUT2D eigenvalue weighted by molar-refractivity contribution is 0.667. The summed E-state index contributed by atoms with van der Waals surface area (Å²) >= 11 is 0. The molecule has 0 saturated carbocycles. The van der Waals surface area contributed by atoms with Crippen LogP contribution >= 0.6 is 0 Å². The molecule has 0 amide bonds. The molecule has 4 N–H and O–H groups in total. The fraction of sp³-hybridized carbons (Fsp3) is 0.211. The number of nitrogens with one attached hydrogen (secondary N) is 2. The van der Waals surface area contributed by atoms with Crippen LogP contribution in [0.25, 0.3) is 0 Å². The molecule has 1 heterocycles. The quantitative estimate of drug-likeness (QED) is 0.794. The van der Waals surface area contributed by atoms with Gasteiger partial charge in [0.1, 0.15) is 12.5 Å². The zero-order valence-corrected chi connectivity index (χ0v) is 13.3. The van der Waals surface area contributed by atoms with E-state index in [0.717, 1.165) is 12.0 Å². The van der Waals surface area contributed by atoms with E-state index in [1.54, 1.807) is 0 Å². The lowest BCUT2D eigenvalue weighted by atomic mass is 9.96. The standard InChI is InChI=1S/C19H22N4/c1-21-18(17-12-22-13-23-19(17)20)16-9-7-15(8-10-16)11-14-5-3-2-4-6-14/h2-10,12,18,21,23H,11,13,20H2,1H3. The van der Waals surface area contributed by atoms with Crippen LogP contribution in [0.1, 0.15) is 22.7 Å². The third-order valence-corrected chi connectivity index (χ3v) is 4.07. The van der Waals surface area contributed by atoms with E-state index in [1.807, 2.05) is 19.3 Å². The van der Waals surface area contributed by atoms with Crippen molar-refractivity contribution in [3.8, 4) is 0 Å². The molecule has 1 aliphatic heterocycles. The van der Waals surface area contributed by atoms with Crippen LogP contribution < -0.4 is 16.4 Å². The number of nitrogens with zero attached hydrogens (tertiary/aromatic N) is 1. The summed E-state index contributed by atoms with van der Waals surface area (Å²) in [4.78, 5) is 4.26. The van der Waals surface area contributed by atoms with Gasteiger partial charge in [0.25, 0.3) is 0 Å². The Balaban J connectivity index is 1.79. The first-order valence-corrected chi connectivity index (χ1v) is 7.81. The number of hydrogen-bond acceptors (Lipinski definition) is 4. The lowest BCUT2D eigenvalue weighted by Gasteiger charge is -2.22. The zero-order chi connectivity index (χ0) is 16.1. The summed E-state index contributed by atoms with van der Waals surface area (Å²) in [5.74, 6) is 0.688. The summed E-state index contributed by atoms with van der Waals surface area (Å²) in [6.45, 7) is 0.543. The van der Waals surface area contributed by atoms with E-state index in [-0.39, 0.29) is 6.04 Å². The van der Waals surface area contributed by atoms with Crippen molar-refractivity contribution in [2.45, 2.75) is 12.5 Å². The normalized spacial score (nSPS) is 15.3. The summed E-state index contributed by atoms with van der Waals surface area (Å²) in [7, 11) is 1.94. The topological polar surface area (TPSA) is 62.4 Å². The van der Waals surface area contributed by atoms with E-state index >= 15 is 0 Å². The van der Waals surface area contributed by atoms with Crippen molar-refractivity contribution in [2.24, 2.45) is 10.7 Å². The number of hydrogen-bond donors (Lipinski definition) is 3. The Morgan fingerprint density at radius 1 is 1.09 bits per heavy atom. The maximum absolute atomic E-state index is 6.06. The molecule has 118 valence electrons. The average molecular weight is 306 g/mol. The highest BCUT2D eigenvalue weighted by molar-refractivity contribution is 5.82. The van der Waals surface area contributed by atoms with Crippen molar-refractivity contribution < 1.29 is 0 Å². The average Bonchev–Trinajstić information content (AvgIpc) is 2.59. The molecule has 4 nitrogen and oxygen atoms in total. The summed E-state index contributed by atoms with van der Waals surface area (Å²) < 4.78 is 0. The Hall–Kier alpha value is -2.59. The van der Waals surface area contributed by atoms with Gasteiger partial charge in [-0.05, 0) is 30.2 Å². The van der Waals surface area contributed by atoms with Crippen molar-refractivity contribution >= 4 is 6.21 Å². The summed E-state index contributed by atoms with van der Waals surface area (Å²) in [6, 6.07) is 19.2. The van der Waals surface area contributed by atoms with E-state index < -0.39 is 0 Å². The third-order valence-electron chi connectivity index (χ3n) is 4.07. The van der Waals surface area contributed by atoms with Crippen LogP contribution in [0.3, 0.4) is 0 Å². The van der Waals surface area contributed by atoms with Crippen molar-refractivity contribution in [1.82, 2.24) is 10.6 Å². The molecule has 1 atom stereocenters. The van der Waals surface area contributed by atoms with Crippen LogP contribution in [-0.2, 0) is 6.42 Å². The number of likely N-dealkylation sites (N-methyl/N-ethyl adjacent to an activating group) is 1. The smallest absolute Gasteiger partial charge is 0.108 e. The second kappa shape index (κ2) is 7.11. The van der Waals surface area contributed by atoms with E-state index in [4.69, 9.17) is 5.73 Å². The van der Waals surface area contributed by atoms with Crippen LogP contribution in [0.5, 0.6) is 0 Å². The molecule has 2 aromatic rings. The molecule has 0 fully saturated rings.